The average Bonchev–Trinajstić information content (AvgIpc) is 2.40. The van der Waals surface area contributed by atoms with Gasteiger partial charge in [-0.3, -0.25) is 0 Å². The zero-order chi connectivity index (χ0) is 8.85. The number of amides is 1. The van der Waals surface area contributed by atoms with Crippen molar-refractivity contribution in [1.29, 1.82) is 0 Å². The fourth-order valence-electron chi connectivity index (χ4n) is 0.916. The van der Waals surface area contributed by atoms with E-state index in [-0.39, 0.29) is 6.54 Å². The minimum absolute atomic E-state index is 0.273. The van der Waals surface area contributed by atoms with Crippen LogP contribution in [0.5, 0.6) is 0 Å². The molecule has 0 radical (unpaired) electrons. The summed E-state index contributed by atoms with van der Waals surface area (Å²) in [4.78, 5) is 11.4. The predicted octanol–water partition coefficient (Wildman–Crippen LogP) is -0.935. The largest absolute Gasteiger partial charge is 0.465 e. The molecule has 0 aromatic heterocycles. The third-order valence-corrected chi connectivity index (χ3v) is 1.43. The number of carboxylic acid groups (broad SMARTS) is 1. The third-order valence-electron chi connectivity index (χ3n) is 1.43. The van der Waals surface area contributed by atoms with E-state index in [1.807, 2.05) is 0 Å². The molecule has 1 unspecified atom stereocenters. The Morgan fingerprint density at radius 3 is 2.27 bits per heavy atom. The molecule has 1 rings (SSSR count). The Morgan fingerprint density at radius 2 is 2.09 bits per heavy atom. The first-order valence-electron chi connectivity index (χ1n) is 3.12. The van der Waals surface area contributed by atoms with Gasteiger partial charge in [0.25, 0.3) is 0 Å². The zero-order valence-electron chi connectivity index (χ0n) is 5.97. The molecule has 0 aliphatic carbocycles. The summed E-state index contributed by atoms with van der Waals surface area (Å²) in [7, 11) is 0. The highest BCUT2D eigenvalue weighted by molar-refractivity contribution is 5.65. The summed E-state index contributed by atoms with van der Waals surface area (Å²) in [5.74, 6) is 3.50. The summed E-state index contributed by atoms with van der Waals surface area (Å²) >= 11 is 0. The van der Waals surface area contributed by atoms with Crippen LogP contribution in [0.15, 0.2) is 0 Å². The molecule has 1 heterocycles. The number of aliphatic hydroxyl groups excluding tert-OH is 1. The Hall–Kier alpha value is -0.850. The van der Waals surface area contributed by atoms with E-state index < -0.39 is 12.2 Å². The van der Waals surface area contributed by atoms with Crippen LogP contribution in [0, 0.1) is 0 Å². The fraction of sp³-hybridized carbons (Fsp3) is 0.800. The van der Waals surface area contributed by atoms with E-state index in [0.29, 0.717) is 13.0 Å². The van der Waals surface area contributed by atoms with Crippen LogP contribution >= 0.6 is 0 Å². The Bertz CT molecular complexity index is 130. The Labute approximate surface area is 63.8 Å². The van der Waals surface area contributed by atoms with Crippen molar-refractivity contribution in [3.8, 4) is 0 Å². The molecule has 11 heavy (non-hydrogen) atoms. The van der Waals surface area contributed by atoms with Crippen LogP contribution in [0.2, 0.25) is 0 Å². The molecule has 6 heteroatoms. The molecule has 0 aromatic rings. The van der Waals surface area contributed by atoms with Crippen molar-refractivity contribution in [2.24, 2.45) is 5.90 Å². The lowest BCUT2D eigenvalue weighted by Crippen LogP contribution is -2.27. The smallest absolute Gasteiger partial charge is 0.407 e. The molecular formula is C5H12N2O4. The van der Waals surface area contributed by atoms with Crippen molar-refractivity contribution in [2.45, 2.75) is 12.5 Å². The first-order chi connectivity index (χ1) is 5.20. The Morgan fingerprint density at radius 1 is 1.55 bits per heavy atom. The van der Waals surface area contributed by atoms with Crippen LogP contribution in [-0.4, -0.2) is 45.6 Å². The summed E-state index contributed by atoms with van der Waals surface area (Å²) in [6.07, 6.45) is -0.806. The van der Waals surface area contributed by atoms with E-state index >= 15 is 0 Å². The molecule has 0 saturated carbocycles. The lowest BCUT2D eigenvalue weighted by atomic mass is 10.3. The van der Waals surface area contributed by atoms with Gasteiger partial charge in [0.05, 0.1) is 6.10 Å². The van der Waals surface area contributed by atoms with E-state index in [4.69, 9.17) is 15.4 Å². The lowest BCUT2D eigenvalue weighted by molar-refractivity contribution is 0.140. The van der Waals surface area contributed by atoms with Crippen LogP contribution < -0.4 is 5.90 Å². The minimum Gasteiger partial charge on any atom is -0.465 e. The van der Waals surface area contributed by atoms with Crippen LogP contribution in [-0.2, 0) is 0 Å². The number of nitrogens with two attached hydrogens (primary N) is 1. The number of hydrogen-bond acceptors (Lipinski definition) is 4. The molecule has 6 nitrogen and oxygen atoms in total. The Balaban J connectivity index is 0.000000461. The van der Waals surface area contributed by atoms with Gasteiger partial charge in [0.1, 0.15) is 0 Å². The summed E-state index contributed by atoms with van der Waals surface area (Å²) in [5.41, 5.74) is 0. The maximum absolute atomic E-state index is 10.2. The molecule has 1 aliphatic heterocycles. The highest BCUT2D eigenvalue weighted by Gasteiger charge is 2.23. The van der Waals surface area contributed by atoms with E-state index in [0.717, 1.165) is 0 Å². The molecule has 5 N–H and O–H groups in total. The molecule has 1 saturated heterocycles. The number of nitrogens with zero attached hydrogens (tertiary/aromatic N) is 1. The number of β-amino-alcohol motifs (C(OH)–C–C–N with tert-alkyl or cyclic N) is 1. The van der Waals surface area contributed by atoms with Crippen molar-refractivity contribution in [3.63, 3.8) is 0 Å². The highest BCUT2D eigenvalue weighted by atomic mass is 16.4. The van der Waals surface area contributed by atoms with Gasteiger partial charge in [-0.2, -0.15) is 0 Å². The van der Waals surface area contributed by atoms with Gasteiger partial charge in [0, 0.05) is 13.1 Å². The summed E-state index contributed by atoms with van der Waals surface area (Å²) in [6.45, 7) is 0.742. The van der Waals surface area contributed by atoms with Gasteiger partial charge < -0.3 is 20.3 Å². The second kappa shape index (κ2) is 4.89. The zero-order valence-corrected chi connectivity index (χ0v) is 5.97. The number of hydrogen-bond donors (Lipinski definition) is 4. The topological polar surface area (TPSA) is 107 Å². The molecule has 66 valence electrons. The van der Waals surface area contributed by atoms with Crippen LogP contribution in [0.1, 0.15) is 6.42 Å². The van der Waals surface area contributed by atoms with Crippen LogP contribution in [0.4, 0.5) is 4.79 Å². The first-order valence-corrected chi connectivity index (χ1v) is 3.12. The maximum atomic E-state index is 10.2. The molecule has 1 aliphatic rings. The summed E-state index contributed by atoms with van der Waals surface area (Å²) in [5, 5.41) is 23.7. The predicted molar refractivity (Wildman–Crippen MR) is 36.2 cm³/mol. The van der Waals surface area contributed by atoms with Crippen LogP contribution in [0.3, 0.4) is 0 Å². The molecule has 1 atom stereocenters. The minimum atomic E-state index is -0.938. The SMILES string of the molecule is NO.O=C(O)N1CCC(O)C1. The van der Waals surface area contributed by atoms with E-state index in [2.05, 4.69) is 5.90 Å². The highest BCUT2D eigenvalue weighted by Crippen LogP contribution is 2.07. The van der Waals surface area contributed by atoms with Gasteiger partial charge >= 0.3 is 6.09 Å². The van der Waals surface area contributed by atoms with Gasteiger partial charge in [-0.25, -0.2) is 10.7 Å². The van der Waals surface area contributed by atoms with Crippen molar-refractivity contribution in [1.82, 2.24) is 4.90 Å². The molecule has 0 spiro atoms. The fourth-order valence-corrected chi connectivity index (χ4v) is 0.916. The maximum Gasteiger partial charge on any atom is 0.407 e. The van der Waals surface area contributed by atoms with E-state index in [1.54, 1.807) is 0 Å². The summed E-state index contributed by atoms with van der Waals surface area (Å²) < 4.78 is 0. The monoisotopic (exact) mass is 164 g/mol. The van der Waals surface area contributed by atoms with Gasteiger partial charge in [-0.15, -0.1) is 0 Å². The lowest BCUT2D eigenvalue weighted by Gasteiger charge is -2.08. The third kappa shape index (κ3) is 3.17. The Kier molecular flexibility index (Phi) is 4.51. The average molecular weight is 164 g/mol. The number of rotatable bonds is 0. The van der Waals surface area contributed by atoms with Crippen molar-refractivity contribution >= 4 is 6.09 Å². The van der Waals surface area contributed by atoms with Crippen LogP contribution in [0.25, 0.3) is 0 Å². The molecule has 0 aromatic carbocycles. The quantitative estimate of drug-likeness (QED) is 0.346. The van der Waals surface area contributed by atoms with Crippen molar-refractivity contribution in [3.05, 3.63) is 0 Å². The molecule has 1 fully saturated rings. The molecule has 1 amide bonds. The first kappa shape index (κ1) is 10.2. The van der Waals surface area contributed by atoms with Gasteiger partial charge in [0.2, 0.25) is 0 Å². The van der Waals surface area contributed by atoms with Crippen molar-refractivity contribution < 1.29 is 20.2 Å². The van der Waals surface area contributed by atoms with Crippen molar-refractivity contribution in [2.75, 3.05) is 13.1 Å². The number of aliphatic hydroxyl groups is 1. The van der Waals surface area contributed by atoms with E-state index in [9.17, 15) is 4.79 Å². The standard InChI is InChI=1S/C5H9NO3.H3NO/c7-4-1-2-6(3-4)5(8)9;1-2/h4,7H,1-3H2,(H,8,9);2H,1H2. The number of carbonyl (C=O) groups is 1. The van der Waals surface area contributed by atoms with Gasteiger partial charge in [-0.05, 0) is 6.42 Å². The van der Waals surface area contributed by atoms with Gasteiger partial charge in [0.15, 0.2) is 0 Å². The summed E-state index contributed by atoms with van der Waals surface area (Å²) in [6, 6.07) is 0. The molecule has 0 bridgehead atoms. The molecular weight excluding hydrogens is 152 g/mol. The van der Waals surface area contributed by atoms with Gasteiger partial charge in [-0.1, -0.05) is 0 Å². The van der Waals surface area contributed by atoms with E-state index in [1.165, 1.54) is 4.90 Å². The second-order valence-electron chi connectivity index (χ2n) is 2.17. The number of likely N-dealkylation sites (tertiary alicyclic amines) is 1. The second-order valence-corrected chi connectivity index (χ2v) is 2.17. The normalized spacial score (nSPS) is 22.5.